The van der Waals surface area contributed by atoms with Gasteiger partial charge < -0.3 is 23.5 Å². The predicted octanol–water partition coefficient (Wildman–Crippen LogP) is 6.41. The number of nitrogens with one attached hydrogen (secondary N) is 1. The number of tetrazole rings is 1. The maximum Gasteiger partial charge on any atom is 0.515 e. The van der Waals surface area contributed by atoms with E-state index >= 15 is 0 Å². The second-order valence-corrected chi connectivity index (χ2v) is 11.8. The van der Waals surface area contributed by atoms with Gasteiger partial charge in [0.1, 0.15) is 11.3 Å². The van der Waals surface area contributed by atoms with Crippen molar-refractivity contribution in [2.75, 3.05) is 13.2 Å². The Morgan fingerprint density at radius 3 is 2.09 bits per heavy atom. The van der Waals surface area contributed by atoms with Gasteiger partial charge in [0.2, 0.25) is 5.82 Å². The van der Waals surface area contributed by atoms with Crippen molar-refractivity contribution in [1.82, 2.24) is 40.4 Å². The lowest BCUT2D eigenvalue weighted by Gasteiger charge is -2.13. The van der Waals surface area contributed by atoms with Gasteiger partial charge in [-0.15, -0.1) is 20.4 Å². The minimum atomic E-state index is -0.930. The summed E-state index contributed by atoms with van der Waals surface area (Å²) in [5, 5.41) is 22.6. The highest BCUT2D eigenvalue weighted by molar-refractivity contribution is 5.88. The third kappa shape index (κ3) is 8.26. The maximum atomic E-state index is 12.6. The molecule has 0 atom stereocenters. The van der Waals surface area contributed by atoms with E-state index in [9.17, 15) is 9.59 Å². The van der Waals surface area contributed by atoms with Crippen LogP contribution in [-0.2, 0) is 22.4 Å². The third-order valence-corrected chi connectivity index (χ3v) is 6.99. The standard InChI is InChI=1S/C33H38N8O6/c1-6-7-12-26-34-27-28(31(47-33(43)45-19-21(4)5)38-37-30(27)46-32(42)44-18-20(2)3)41(26)17-22-13-15-23(16-14-22)24-10-8-9-11-25(24)29-35-39-40-36-29/h8-11,13-16,20-21H,6-7,12,17-19H2,1-5H3,(H,35,36,39,40). The minimum Gasteiger partial charge on any atom is -0.434 e. The molecule has 5 rings (SSSR count). The predicted molar refractivity (Wildman–Crippen MR) is 172 cm³/mol. The number of H-pyrrole nitrogens is 1. The van der Waals surface area contributed by atoms with Gasteiger partial charge in [-0.3, -0.25) is 0 Å². The van der Waals surface area contributed by atoms with Gasteiger partial charge in [-0.25, -0.2) is 14.6 Å². The summed E-state index contributed by atoms with van der Waals surface area (Å²) in [5.41, 5.74) is 4.26. The molecule has 47 heavy (non-hydrogen) atoms. The summed E-state index contributed by atoms with van der Waals surface area (Å²) in [6.07, 6.45) is 0.516. The Morgan fingerprint density at radius 1 is 0.830 bits per heavy atom. The molecule has 14 nitrogen and oxygen atoms in total. The number of carbonyl (C=O) groups is 2. The van der Waals surface area contributed by atoms with E-state index in [0.717, 1.165) is 35.1 Å². The van der Waals surface area contributed by atoms with E-state index in [2.05, 4.69) is 37.7 Å². The van der Waals surface area contributed by atoms with Gasteiger partial charge >= 0.3 is 12.3 Å². The van der Waals surface area contributed by atoms with Crippen molar-refractivity contribution in [3.05, 3.63) is 59.9 Å². The van der Waals surface area contributed by atoms with Crippen molar-refractivity contribution in [2.24, 2.45) is 11.8 Å². The number of aromatic amines is 1. The van der Waals surface area contributed by atoms with Crippen molar-refractivity contribution < 1.29 is 28.5 Å². The highest BCUT2D eigenvalue weighted by Crippen LogP contribution is 2.33. The zero-order chi connectivity index (χ0) is 33.3. The van der Waals surface area contributed by atoms with Crippen molar-refractivity contribution in [3.63, 3.8) is 0 Å². The van der Waals surface area contributed by atoms with Crippen molar-refractivity contribution in [2.45, 2.75) is 60.4 Å². The summed E-state index contributed by atoms with van der Waals surface area (Å²) < 4.78 is 23.4. The summed E-state index contributed by atoms with van der Waals surface area (Å²) >= 11 is 0. The molecule has 0 bridgehead atoms. The summed E-state index contributed by atoms with van der Waals surface area (Å²) in [6, 6.07) is 15.9. The molecular formula is C33H38N8O6. The molecule has 3 heterocycles. The van der Waals surface area contributed by atoms with E-state index in [-0.39, 0.29) is 42.3 Å². The topological polar surface area (TPSA) is 169 Å². The first-order valence-electron chi connectivity index (χ1n) is 15.6. The van der Waals surface area contributed by atoms with Gasteiger partial charge in [-0.2, -0.15) is 5.21 Å². The lowest BCUT2D eigenvalue weighted by atomic mass is 9.98. The first kappa shape index (κ1) is 33.0. The lowest BCUT2D eigenvalue weighted by Crippen LogP contribution is -2.17. The number of imidazole rings is 1. The number of rotatable bonds is 13. The number of unbranched alkanes of at least 4 members (excludes halogenated alkanes) is 1. The van der Waals surface area contributed by atoms with Crippen molar-refractivity contribution in [1.29, 1.82) is 0 Å². The fourth-order valence-corrected chi connectivity index (χ4v) is 4.75. The van der Waals surface area contributed by atoms with Crippen LogP contribution in [0.1, 0.15) is 58.8 Å². The van der Waals surface area contributed by atoms with Crippen LogP contribution in [0.15, 0.2) is 48.5 Å². The van der Waals surface area contributed by atoms with E-state index in [4.69, 9.17) is 23.9 Å². The molecule has 0 amide bonds. The Morgan fingerprint density at radius 2 is 1.47 bits per heavy atom. The number of aromatic nitrogens is 8. The van der Waals surface area contributed by atoms with E-state index < -0.39 is 12.3 Å². The second-order valence-electron chi connectivity index (χ2n) is 11.8. The van der Waals surface area contributed by atoms with Crippen LogP contribution in [0, 0.1) is 11.8 Å². The highest BCUT2D eigenvalue weighted by atomic mass is 16.7. The molecule has 0 spiro atoms. The largest absolute Gasteiger partial charge is 0.515 e. The molecule has 1 N–H and O–H groups in total. The molecule has 0 aliphatic carbocycles. The molecule has 0 aliphatic rings. The Balaban J connectivity index is 1.53. The number of carbonyl (C=O) groups excluding carboxylic acids is 2. The fraction of sp³-hybridized carbons (Fsp3) is 0.394. The summed E-state index contributed by atoms with van der Waals surface area (Å²) in [6.45, 7) is 10.4. The zero-order valence-corrected chi connectivity index (χ0v) is 27.1. The number of aryl methyl sites for hydroxylation is 1. The Labute approximate surface area is 271 Å². The quantitative estimate of drug-likeness (QED) is 0.140. The number of ether oxygens (including phenoxy) is 4. The van der Waals surface area contributed by atoms with Gasteiger partial charge in [-0.05, 0) is 40.2 Å². The van der Waals surface area contributed by atoms with Crippen LogP contribution >= 0.6 is 0 Å². The van der Waals surface area contributed by atoms with Gasteiger partial charge in [0.05, 0.1) is 13.2 Å². The summed E-state index contributed by atoms with van der Waals surface area (Å²) in [7, 11) is 0. The lowest BCUT2D eigenvalue weighted by molar-refractivity contribution is 0.0843. The number of fused-ring (bicyclic) bond motifs is 1. The van der Waals surface area contributed by atoms with Crippen LogP contribution in [0.2, 0.25) is 0 Å². The van der Waals surface area contributed by atoms with Crippen LogP contribution in [0.5, 0.6) is 11.8 Å². The van der Waals surface area contributed by atoms with E-state index in [1.54, 1.807) is 0 Å². The third-order valence-electron chi connectivity index (χ3n) is 6.99. The SMILES string of the molecule is CCCCc1nc2c(OC(=O)OCC(C)C)nnc(OC(=O)OCC(C)C)c2n1Cc1ccc(-c2ccccc2-c2nn[nH]n2)cc1. The van der Waals surface area contributed by atoms with Crippen LogP contribution < -0.4 is 9.47 Å². The van der Waals surface area contributed by atoms with Gasteiger partial charge in [0.25, 0.3) is 11.8 Å². The fourth-order valence-electron chi connectivity index (χ4n) is 4.75. The van der Waals surface area contributed by atoms with E-state index in [0.29, 0.717) is 30.1 Å². The molecule has 0 saturated heterocycles. The van der Waals surface area contributed by atoms with Crippen molar-refractivity contribution in [3.8, 4) is 34.3 Å². The zero-order valence-electron chi connectivity index (χ0n) is 27.1. The average molecular weight is 643 g/mol. The minimum absolute atomic E-state index is 0.106. The Bertz CT molecular complexity index is 1800. The van der Waals surface area contributed by atoms with Crippen LogP contribution in [0.4, 0.5) is 9.59 Å². The molecule has 0 unspecified atom stereocenters. The first-order chi connectivity index (χ1) is 22.7. The molecule has 0 aliphatic heterocycles. The summed E-state index contributed by atoms with van der Waals surface area (Å²) in [4.78, 5) is 30.0. The second kappa shape index (κ2) is 15.3. The monoisotopic (exact) mass is 642 g/mol. The number of benzene rings is 2. The van der Waals surface area contributed by atoms with E-state index in [1.165, 1.54) is 0 Å². The smallest absolute Gasteiger partial charge is 0.434 e. The number of nitrogens with zero attached hydrogens (tertiary/aromatic N) is 7. The van der Waals surface area contributed by atoms with Gasteiger partial charge in [0, 0.05) is 18.5 Å². The van der Waals surface area contributed by atoms with Crippen LogP contribution in [-0.4, -0.2) is 65.9 Å². The molecular weight excluding hydrogens is 604 g/mol. The van der Waals surface area contributed by atoms with Crippen LogP contribution in [0.25, 0.3) is 33.5 Å². The van der Waals surface area contributed by atoms with Crippen molar-refractivity contribution >= 4 is 23.3 Å². The highest BCUT2D eigenvalue weighted by Gasteiger charge is 2.26. The summed E-state index contributed by atoms with van der Waals surface area (Å²) in [5.74, 6) is 1.14. The van der Waals surface area contributed by atoms with Crippen LogP contribution in [0.3, 0.4) is 0 Å². The molecule has 5 aromatic rings. The van der Waals surface area contributed by atoms with Gasteiger partial charge in [-0.1, -0.05) is 89.6 Å². The molecule has 14 heteroatoms. The number of hydrogen-bond donors (Lipinski definition) is 1. The molecule has 0 fully saturated rings. The normalized spacial score (nSPS) is 11.3. The Kier molecular flexibility index (Phi) is 10.7. The van der Waals surface area contributed by atoms with E-state index in [1.807, 2.05) is 80.8 Å². The number of hydrogen-bond acceptors (Lipinski definition) is 12. The molecule has 2 aromatic carbocycles. The molecule has 3 aromatic heterocycles. The maximum absolute atomic E-state index is 12.6. The molecule has 246 valence electrons. The molecule has 0 saturated carbocycles. The molecule has 0 radical (unpaired) electrons. The first-order valence-corrected chi connectivity index (χ1v) is 15.6. The average Bonchev–Trinajstić information content (AvgIpc) is 3.73. The Hall–Kier alpha value is -5.40. The van der Waals surface area contributed by atoms with Gasteiger partial charge in [0.15, 0.2) is 5.52 Å².